The zero-order chi connectivity index (χ0) is 16.5. The summed E-state index contributed by atoms with van der Waals surface area (Å²) < 4.78 is 0. The quantitative estimate of drug-likeness (QED) is 0.735. The van der Waals surface area contributed by atoms with Crippen molar-refractivity contribution in [2.45, 2.75) is 19.1 Å². The number of benzene rings is 2. The van der Waals surface area contributed by atoms with E-state index in [2.05, 4.69) is 10.2 Å². The molecule has 0 fully saturated rings. The van der Waals surface area contributed by atoms with Crippen molar-refractivity contribution in [2.75, 3.05) is 6.54 Å². The summed E-state index contributed by atoms with van der Waals surface area (Å²) in [5.74, 6) is 0. The van der Waals surface area contributed by atoms with Crippen LogP contribution in [0.3, 0.4) is 0 Å². The first kappa shape index (κ1) is 16.7. The Bertz CT molecular complexity index is 575. The maximum absolute atomic E-state index is 11.1. The fourth-order valence-electron chi connectivity index (χ4n) is 2.43. The monoisotopic (exact) mass is 312 g/mol. The van der Waals surface area contributed by atoms with E-state index in [-0.39, 0.29) is 0 Å². The molecule has 5 nitrogen and oxygen atoms in total. The normalized spacial score (nSPS) is 11.9. The molecule has 0 aliphatic heterocycles. The van der Waals surface area contributed by atoms with Crippen LogP contribution in [0.25, 0.3) is 0 Å². The van der Waals surface area contributed by atoms with E-state index in [4.69, 9.17) is 5.11 Å². The maximum atomic E-state index is 11.1. The molecular weight excluding hydrogens is 292 g/mol. The Balaban J connectivity index is 2.09. The van der Waals surface area contributed by atoms with Crippen molar-refractivity contribution in [3.05, 3.63) is 71.8 Å². The SMILES string of the molecule is O=C[C@H](CN(Cc1ccccc1)Cc1ccccc1)NC(=O)O. The minimum atomic E-state index is -1.19. The first-order valence-electron chi connectivity index (χ1n) is 7.42. The standard InChI is InChI=1S/C18H20N2O3/c21-14-17(19-18(22)23)13-20(11-15-7-3-1-4-8-15)12-16-9-5-2-6-10-16/h1-10,14,17,19H,11-13H2,(H,22,23)/t17-/m0/s1. The average molecular weight is 312 g/mol. The molecule has 0 heterocycles. The van der Waals surface area contributed by atoms with E-state index in [1.54, 1.807) is 0 Å². The van der Waals surface area contributed by atoms with E-state index in [0.717, 1.165) is 11.1 Å². The fraction of sp³-hybridized carbons (Fsp3) is 0.222. The molecule has 2 aromatic rings. The molecular formula is C18H20N2O3. The Hall–Kier alpha value is -2.66. The van der Waals surface area contributed by atoms with Gasteiger partial charge >= 0.3 is 6.09 Å². The molecule has 0 bridgehead atoms. The Labute approximate surface area is 135 Å². The molecule has 0 saturated heterocycles. The molecule has 0 aliphatic carbocycles. The van der Waals surface area contributed by atoms with E-state index in [1.165, 1.54) is 0 Å². The number of hydrogen-bond acceptors (Lipinski definition) is 3. The molecule has 0 saturated carbocycles. The van der Waals surface area contributed by atoms with Crippen LogP contribution in [-0.2, 0) is 17.9 Å². The van der Waals surface area contributed by atoms with Crippen LogP contribution in [0.15, 0.2) is 60.7 Å². The van der Waals surface area contributed by atoms with Gasteiger partial charge < -0.3 is 15.2 Å². The zero-order valence-electron chi connectivity index (χ0n) is 12.8. The van der Waals surface area contributed by atoms with Gasteiger partial charge in [-0.1, -0.05) is 60.7 Å². The fourth-order valence-corrected chi connectivity index (χ4v) is 2.43. The number of carboxylic acid groups (broad SMARTS) is 1. The summed E-state index contributed by atoms with van der Waals surface area (Å²) in [6.07, 6.45) is -0.557. The number of hydrogen-bond donors (Lipinski definition) is 2. The van der Waals surface area contributed by atoms with Gasteiger partial charge in [0.25, 0.3) is 0 Å². The minimum Gasteiger partial charge on any atom is -0.465 e. The third-order valence-electron chi connectivity index (χ3n) is 3.43. The van der Waals surface area contributed by atoms with Crippen molar-refractivity contribution in [1.82, 2.24) is 10.2 Å². The van der Waals surface area contributed by atoms with Gasteiger partial charge in [-0.3, -0.25) is 4.90 Å². The molecule has 0 aromatic heterocycles. The zero-order valence-corrected chi connectivity index (χ0v) is 12.8. The molecule has 2 rings (SSSR count). The van der Waals surface area contributed by atoms with Gasteiger partial charge in [-0.25, -0.2) is 4.79 Å². The largest absolute Gasteiger partial charge is 0.465 e. The van der Waals surface area contributed by atoms with Crippen LogP contribution in [0.5, 0.6) is 0 Å². The molecule has 2 N–H and O–H groups in total. The summed E-state index contributed by atoms with van der Waals surface area (Å²) in [4.78, 5) is 24.0. The van der Waals surface area contributed by atoms with Crippen molar-refractivity contribution >= 4 is 12.4 Å². The summed E-state index contributed by atoms with van der Waals surface area (Å²) in [7, 11) is 0. The van der Waals surface area contributed by atoms with Gasteiger partial charge in [-0.05, 0) is 11.1 Å². The van der Waals surface area contributed by atoms with Crippen LogP contribution < -0.4 is 5.32 Å². The number of carbonyl (C=O) groups is 2. The number of rotatable bonds is 8. The number of nitrogens with zero attached hydrogens (tertiary/aromatic N) is 1. The topological polar surface area (TPSA) is 69.6 Å². The Morgan fingerprint density at radius 2 is 1.48 bits per heavy atom. The van der Waals surface area contributed by atoms with Crippen LogP contribution in [0.1, 0.15) is 11.1 Å². The second kappa shape index (κ2) is 8.70. The Morgan fingerprint density at radius 3 is 1.87 bits per heavy atom. The van der Waals surface area contributed by atoms with E-state index in [9.17, 15) is 9.59 Å². The highest BCUT2D eigenvalue weighted by Crippen LogP contribution is 2.10. The molecule has 120 valence electrons. The number of carbonyl (C=O) groups excluding carboxylic acids is 1. The highest BCUT2D eigenvalue weighted by Gasteiger charge is 2.16. The van der Waals surface area contributed by atoms with E-state index < -0.39 is 12.1 Å². The number of nitrogens with one attached hydrogen (secondary N) is 1. The van der Waals surface area contributed by atoms with Gasteiger partial charge in [0.1, 0.15) is 12.3 Å². The third-order valence-corrected chi connectivity index (χ3v) is 3.43. The minimum absolute atomic E-state index is 0.319. The third kappa shape index (κ3) is 5.92. The predicted octanol–water partition coefficient (Wildman–Crippen LogP) is 2.52. The van der Waals surface area contributed by atoms with Crippen LogP contribution in [0, 0.1) is 0 Å². The lowest BCUT2D eigenvalue weighted by Crippen LogP contribution is -2.43. The second-order valence-electron chi connectivity index (χ2n) is 5.33. The predicted molar refractivity (Wildman–Crippen MR) is 88.0 cm³/mol. The van der Waals surface area contributed by atoms with Crippen LogP contribution in [0.4, 0.5) is 4.79 Å². The maximum Gasteiger partial charge on any atom is 0.405 e. The van der Waals surface area contributed by atoms with Crippen LogP contribution >= 0.6 is 0 Å². The lowest BCUT2D eigenvalue weighted by Gasteiger charge is -2.25. The van der Waals surface area contributed by atoms with Gasteiger partial charge in [0.2, 0.25) is 0 Å². The lowest BCUT2D eigenvalue weighted by molar-refractivity contribution is -0.110. The molecule has 1 atom stereocenters. The van der Waals surface area contributed by atoms with Gasteiger partial charge in [0.15, 0.2) is 0 Å². The van der Waals surface area contributed by atoms with Crippen molar-refractivity contribution in [1.29, 1.82) is 0 Å². The summed E-state index contributed by atoms with van der Waals surface area (Å²) in [5.41, 5.74) is 2.23. The highest BCUT2D eigenvalue weighted by atomic mass is 16.4. The first-order chi connectivity index (χ1) is 11.2. The summed E-state index contributed by atoms with van der Waals surface area (Å²) >= 11 is 0. The second-order valence-corrected chi connectivity index (χ2v) is 5.33. The van der Waals surface area contributed by atoms with Crippen molar-refractivity contribution < 1.29 is 14.7 Å². The first-order valence-corrected chi connectivity index (χ1v) is 7.42. The number of aldehydes is 1. The molecule has 5 heteroatoms. The number of amides is 1. The van der Waals surface area contributed by atoms with Crippen molar-refractivity contribution in [2.24, 2.45) is 0 Å². The Morgan fingerprint density at radius 1 is 1.00 bits per heavy atom. The molecule has 0 radical (unpaired) electrons. The van der Waals surface area contributed by atoms with Crippen molar-refractivity contribution in [3.63, 3.8) is 0 Å². The molecule has 0 aliphatic rings. The average Bonchev–Trinajstić information content (AvgIpc) is 2.55. The van der Waals surface area contributed by atoms with Crippen LogP contribution in [-0.4, -0.2) is 35.0 Å². The van der Waals surface area contributed by atoms with E-state index in [0.29, 0.717) is 25.9 Å². The Kier molecular flexibility index (Phi) is 6.32. The lowest BCUT2D eigenvalue weighted by atomic mass is 10.1. The van der Waals surface area contributed by atoms with Gasteiger partial charge in [0.05, 0.1) is 0 Å². The molecule has 1 amide bonds. The summed E-state index contributed by atoms with van der Waals surface area (Å²) in [6, 6.07) is 19.0. The van der Waals surface area contributed by atoms with Crippen molar-refractivity contribution in [3.8, 4) is 0 Å². The molecule has 0 spiro atoms. The smallest absolute Gasteiger partial charge is 0.405 e. The van der Waals surface area contributed by atoms with Gasteiger partial charge in [0, 0.05) is 19.6 Å². The highest BCUT2D eigenvalue weighted by molar-refractivity contribution is 5.71. The summed E-state index contributed by atoms with van der Waals surface area (Å²) in [5, 5.41) is 11.1. The molecule has 0 unspecified atom stereocenters. The van der Waals surface area contributed by atoms with Gasteiger partial charge in [-0.15, -0.1) is 0 Å². The van der Waals surface area contributed by atoms with Crippen LogP contribution in [0.2, 0.25) is 0 Å². The summed E-state index contributed by atoms with van der Waals surface area (Å²) in [6.45, 7) is 1.60. The van der Waals surface area contributed by atoms with Gasteiger partial charge in [-0.2, -0.15) is 0 Å². The molecule has 23 heavy (non-hydrogen) atoms. The molecule has 2 aromatic carbocycles. The van der Waals surface area contributed by atoms with E-state index in [1.807, 2.05) is 60.7 Å². The van der Waals surface area contributed by atoms with E-state index >= 15 is 0 Å².